The van der Waals surface area contributed by atoms with E-state index in [-0.39, 0.29) is 49.3 Å². The van der Waals surface area contributed by atoms with Crippen LogP contribution < -0.4 is 21.3 Å². The van der Waals surface area contributed by atoms with Crippen LogP contribution in [0.15, 0.2) is 48.5 Å². The third-order valence-electron chi connectivity index (χ3n) is 8.21. The van der Waals surface area contributed by atoms with Crippen LogP contribution in [0.2, 0.25) is 0 Å². The maximum absolute atomic E-state index is 13.1. The van der Waals surface area contributed by atoms with Crippen molar-refractivity contribution in [1.29, 1.82) is 0 Å². The SMILES string of the molecule is Nc1nnc(-c2ccccc2O)cc1N1CCN(CCC(=O)Nc2cccc3c2CN(C2CCC(=O)NC2=O)C3=O)CC1. The zero-order valence-electron chi connectivity index (χ0n) is 23.5. The number of phenolic OH excluding ortho intramolecular Hbond substituents is 1. The molecule has 1 aromatic heterocycles. The molecule has 13 heteroatoms. The van der Waals surface area contributed by atoms with E-state index in [2.05, 4.69) is 30.6 Å². The molecule has 0 spiro atoms. The number of imide groups is 1. The number of piperidine rings is 1. The minimum atomic E-state index is -0.713. The third-order valence-corrected chi connectivity index (χ3v) is 8.21. The standard InChI is InChI=1S/C30H32N8O5/c31-28-24(16-22(34-35-28)19-4-1-2-7-25(19)39)37-14-12-36(13-15-37)11-10-27(41)32-21-6-3-5-18-20(21)17-38(30(18)43)23-8-9-26(40)33-29(23)42/h1-7,16,23,39H,8-15,17H2,(H2,31,35)(H,32,41)(H,33,40,42). The molecule has 4 amide bonds. The van der Waals surface area contributed by atoms with Gasteiger partial charge in [0.15, 0.2) is 5.82 Å². The summed E-state index contributed by atoms with van der Waals surface area (Å²) in [5.41, 5.74) is 9.70. The van der Waals surface area contributed by atoms with E-state index in [1.54, 1.807) is 36.4 Å². The lowest BCUT2D eigenvalue weighted by molar-refractivity contribution is -0.137. The molecule has 4 heterocycles. The van der Waals surface area contributed by atoms with Gasteiger partial charge in [0.1, 0.15) is 11.8 Å². The summed E-state index contributed by atoms with van der Waals surface area (Å²) in [6, 6.07) is 13.2. The number of fused-ring (bicyclic) bond motifs is 1. The Morgan fingerprint density at radius 2 is 1.79 bits per heavy atom. The van der Waals surface area contributed by atoms with Gasteiger partial charge in [-0.25, -0.2) is 0 Å². The molecule has 3 aliphatic rings. The number of carbonyl (C=O) groups excluding carboxylic acids is 4. The first kappa shape index (κ1) is 28.1. The quantitative estimate of drug-likeness (QED) is 0.297. The number of nitrogens with zero attached hydrogens (tertiary/aromatic N) is 5. The van der Waals surface area contributed by atoms with Crippen LogP contribution in [0.25, 0.3) is 11.3 Å². The smallest absolute Gasteiger partial charge is 0.255 e. The highest BCUT2D eigenvalue weighted by Gasteiger charge is 2.40. The van der Waals surface area contributed by atoms with E-state index in [0.717, 1.165) is 18.8 Å². The van der Waals surface area contributed by atoms with Crippen LogP contribution in [0.4, 0.5) is 17.2 Å². The van der Waals surface area contributed by atoms with Gasteiger partial charge in [0.2, 0.25) is 17.7 Å². The summed E-state index contributed by atoms with van der Waals surface area (Å²) in [6.07, 6.45) is 0.729. The molecule has 2 saturated heterocycles. The van der Waals surface area contributed by atoms with Gasteiger partial charge in [-0.1, -0.05) is 18.2 Å². The lowest BCUT2D eigenvalue weighted by atomic mass is 10.0. The Balaban J connectivity index is 1.03. The van der Waals surface area contributed by atoms with Gasteiger partial charge in [-0.15, -0.1) is 10.2 Å². The number of phenols is 1. The Kier molecular flexibility index (Phi) is 7.63. The van der Waals surface area contributed by atoms with Crippen molar-refractivity contribution < 1.29 is 24.3 Å². The molecule has 2 aromatic carbocycles. The molecule has 1 atom stereocenters. The molecule has 0 radical (unpaired) electrons. The highest BCUT2D eigenvalue weighted by atomic mass is 16.3. The van der Waals surface area contributed by atoms with Crippen LogP contribution >= 0.6 is 0 Å². The number of benzene rings is 2. The number of carbonyl (C=O) groups is 4. The number of nitrogen functional groups attached to an aromatic ring is 1. The number of piperazine rings is 1. The highest BCUT2D eigenvalue weighted by molar-refractivity contribution is 6.06. The van der Waals surface area contributed by atoms with Gasteiger partial charge in [-0.3, -0.25) is 29.4 Å². The predicted octanol–water partition coefficient (Wildman–Crippen LogP) is 1.34. The number of hydrogen-bond acceptors (Lipinski definition) is 10. The number of hydrogen-bond donors (Lipinski definition) is 4. The third kappa shape index (κ3) is 5.71. The van der Waals surface area contributed by atoms with Gasteiger partial charge < -0.3 is 26.0 Å². The molecule has 13 nitrogen and oxygen atoms in total. The molecule has 43 heavy (non-hydrogen) atoms. The van der Waals surface area contributed by atoms with Crippen molar-refractivity contribution in [2.24, 2.45) is 0 Å². The van der Waals surface area contributed by atoms with Crippen LogP contribution in [0.3, 0.4) is 0 Å². The van der Waals surface area contributed by atoms with E-state index in [9.17, 15) is 24.3 Å². The van der Waals surface area contributed by atoms with Crippen LogP contribution in [-0.4, -0.2) is 87.5 Å². The molecule has 222 valence electrons. The second-order valence-electron chi connectivity index (χ2n) is 10.9. The molecule has 2 fully saturated rings. The number of anilines is 3. The fourth-order valence-electron chi connectivity index (χ4n) is 5.85. The van der Waals surface area contributed by atoms with Gasteiger partial charge in [-0.2, -0.15) is 0 Å². The van der Waals surface area contributed by atoms with E-state index in [4.69, 9.17) is 5.73 Å². The number of aromatic nitrogens is 2. The molecule has 0 aliphatic carbocycles. The summed E-state index contributed by atoms with van der Waals surface area (Å²) in [4.78, 5) is 55.7. The number of nitrogens with two attached hydrogens (primary N) is 1. The Morgan fingerprint density at radius 1 is 1.02 bits per heavy atom. The van der Waals surface area contributed by atoms with Crippen molar-refractivity contribution >= 4 is 40.8 Å². The Morgan fingerprint density at radius 3 is 2.56 bits per heavy atom. The molecule has 0 saturated carbocycles. The summed E-state index contributed by atoms with van der Waals surface area (Å²) in [5, 5.41) is 23.7. The summed E-state index contributed by atoms with van der Waals surface area (Å²) >= 11 is 0. The molecule has 6 rings (SSSR count). The van der Waals surface area contributed by atoms with Gasteiger partial charge in [0, 0.05) is 74.5 Å². The van der Waals surface area contributed by atoms with Crippen molar-refractivity contribution in [3.8, 4) is 17.0 Å². The lowest BCUT2D eigenvalue weighted by Crippen LogP contribution is -2.52. The summed E-state index contributed by atoms with van der Waals surface area (Å²) < 4.78 is 0. The zero-order valence-corrected chi connectivity index (χ0v) is 23.5. The van der Waals surface area contributed by atoms with Crippen LogP contribution in [-0.2, 0) is 20.9 Å². The summed E-state index contributed by atoms with van der Waals surface area (Å²) in [6.45, 7) is 3.55. The Bertz CT molecular complexity index is 1600. The van der Waals surface area contributed by atoms with Crippen molar-refractivity contribution in [3.05, 3.63) is 59.7 Å². The molecule has 3 aliphatic heterocycles. The maximum Gasteiger partial charge on any atom is 0.255 e. The van der Waals surface area contributed by atoms with E-state index in [1.807, 2.05) is 12.1 Å². The summed E-state index contributed by atoms with van der Waals surface area (Å²) in [5.74, 6) is -0.821. The van der Waals surface area contributed by atoms with Gasteiger partial charge in [0.25, 0.3) is 5.91 Å². The van der Waals surface area contributed by atoms with Crippen molar-refractivity contribution in [1.82, 2.24) is 25.3 Å². The molecule has 0 bridgehead atoms. The number of para-hydroxylation sites is 1. The number of nitrogens with one attached hydrogen (secondary N) is 2. The average molecular weight is 585 g/mol. The lowest BCUT2D eigenvalue weighted by Gasteiger charge is -2.36. The highest BCUT2D eigenvalue weighted by Crippen LogP contribution is 2.33. The maximum atomic E-state index is 13.1. The van der Waals surface area contributed by atoms with Crippen LogP contribution in [0, 0.1) is 0 Å². The second-order valence-corrected chi connectivity index (χ2v) is 10.9. The van der Waals surface area contributed by atoms with Crippen LogP contribution in [0.5, 0.6) is 5.75 Å². The van der Waals surface area contributed by atoms with E-state index < -0.39 is 11.9 Å². The first-order chi connectivity index (χ1) is 20.8. The summed E-state index contributed by atoms with van der Waals surface area (Å²) in [7, 11) is 0. The second kappa shape index (κ2) is 11.7. The van der Waals surface area contributed by atoms with Crippen LogP contribution in [0.1, 0.15) is 35.2 Å². The van der Waals surface area contributed by atoms with E-state index >= 15 is 0 Å². The van der Waals surface area contributed by atoms with E-state index in [1.165, 1.54) is 4.90 Å². The predicted molar refractivity (Wildman–Crippen MR) is 158 cm³/mol. The average Bonchev–Trinajstić information content (AvgIpc) is 3.34. The van der Waals surface area contributed by atoms with Crippen molar-refractivity contribution in [2.75, 3.05) is 48.7 Å². The fourth-order valence-corrected chi connectivity index (χ4v) is 5.85. The minimum Gasteiger partial charge on any atom is -0.507 e. The molecule has 3 aromatic rings. The first-order valence-corrected chi connectivity index (χ1v) is 14.2. The number of aromatic hydroxyl groups is 1. The normalized spacial score (nSPS) is 18.9. The molecular weight excluding hydrogens is 552 g/mol. The largest absolute Gasteiger partial charge is 0.507 e. The molecule has 5 N–H and O–H groups in total. The van der Waals surface area contributed by atoms with Gasteiger partial charge >= 0.3 is 0 Å². The molecular formula is C30H32N8O5. The van der Waals surface area contributed by atoms with Gasteiger partial charge in [0.05, 0.1) is 11.4 Å². The van der Waals surface area contributed by atoms with Crippen molar-refractivity contribution in [2.45, 2.75) is 31.8 Å². The van der Waals surface area contributed by atoms with Crippen molar-refractivity contribution in [3.63, 3.8) is 0 Å². The first-order valence-electron chi connectivity index (χ1n) is 14.2. The monoisotopic (exact) mass is 584 g/mol. The van der Waals surface area contributed by atoms with E-state index in [0.29, 0.717) is 53.5 Å². The Hall–Kier alpha value is -5.04. The zero-order chi connectivity index (χ0) is 30.1. The molecule has 1 unspecified atom stereocenters. The topological polar surface area (TPSA) is 174 Å². The number of rotatable bonds is 7. The number of amides is 4. The Labute approximate surface area is 247 Å². The minimum absolute atomic E-state index is 0.120. The van der Waals surface area contributed by atoms with Gasteiger partial charge in [-0.05, 0) is 36.8 Å². The fraction of sp³-hybridized carbons (Fsp3) is 0.333.